The second-order valence-corrected chi connectivity index (χ2v) is 5.70. The molecular weight excluding hydrogens is 397 g/mol. The first kappa shape index (κ1) is 23.2. The lowest BCUT2D eigenvalue weighted by Gasteiger charge is -2.20. The molecule has 22 heavy (non-hydrogen) atoms. The summed E-state index contributed by atoms with van der Waals surface area (Å²) in [5.41, 5.74) is -0.279. The van der Waals surface area contributed by atoms with Crippen LogP contribution in [0.4, 0.5) is 0 Å². The maximum Gasteiger partial charge on any atom is 0.242 e. The molecule has 0 spiro atoms. The zero-order valence-corrected chi connectivity index (χ0v) is 16.5. The van der Waals surface area contributed by atoms with Gasteiger partial charge >= 0.3 is 0 Å². The van der Waals surface area contributed by atoms with Crippen LogP contribution in [-0.4, -0.2) is 49.5 Å². The highest BCUT2D eigenvalue weighted by molar-refractivity contribution is 14.0. The van der Waals surface area contributed by atoms with E-state index in [1.165, 1.54) is 0 Å². The molecule has 0 aliphatic heterocycles. The number of carbonyl (C=O) groups is 2. The average Bonchev–Trinajstić information content (AvgIpc) is 2.37. The van der Waals surface area contributed by atoms with Crippen molar-refractivity contribution in [2.45, 2.75) is 46.6 Å². The van der Waals surface area contributed by atoms with Gasteiger partial charge in [0.1, 0.15) is 6.54 Å². The van der Waals surface area contributed by atoms with Crippen LogP contribution in [0.3, 0.4) is 0 Å². The summed E-state index contributed by atoms with van der Waals surface area (Å²) in [5.74, 6) is 0.199. The normalized spacial score (nSPS) is 11.2. The summed E-state index contributed by atoms with van der Waals surface area (Å²) in [5, 5.41) is 11.5. The standard InChI is InChI=1S/C14H29N5O2.HI/c1-6-8-16-11(20)9-17-13(15-7-2)18-10-12(21)19-14(3,4)5;/h6-10H2,1-5H3,(H,16,20)(H,19,21)(H2,15,17,18);1H. The van der Waals surface area contributed by atoms with E-state index in [2.05, 4.69) is 26.3 Å². The second-order valence-electron chi connectivity index (χ2n) is 5.70. The average molecular weight is 427 g/mol. The molecule has 0 heterocycles. The van der Waals surface area contributed by atoms with Crippen LogP contribution < -0.4 is 21.3 Å². The summed E-state index contributed by atoms with van der Waals surface area (Å²) in [4.78, 5) is 27.3. The fourth-order valence-electron chi connectivity index (χ4n) is 1.44. The van der Waals surface area contributed by atoms with E-state index < -0.39 is 0 Å². The first-order valence-electron chi connectivity index (χ1n) is 7.38. The maximum absolute atomic E-state index is 11.7. The molecule has 0 aromatic rings. The Bertz CT molecular complexity index is 367. The first-order valence-corrected chi connectivity index (χ1v) is 7.38. The minimum absolute atomic E-state index is 0. The second kappa shape index (κ2) is 12.5. The zero-order chi connectivity index (χ0) is 16.3. The molecule has 0 saturated carbocycles. The van der Waals surface area contributed by atoms with Crippen LogP contribution in [0.2, 0.25) is 0 Å². The van der Waals surface area contributed by atoms with Gasteiger partial charge in [0.15, 0.2) is 5.96 Å². The molecule has 8 heteroatoms. The molecule has 130 valence electrons. The Balaban J connectivity index is 0. The van der Waals surface area contributed by atoms with Crippen molar-refractivity contribution < 1.29 is 9.59 Å². The Kier molecular flexibility index (Phi) is 13.2. The number of nitrogens with one attached hydrogen (secondary N) is 4. The van der Waals surface area contributed by atoms with Crippen molar-refractivity contribution >= 4 is 41.8 Å². The predicted octanol–water partition coefficient (Wildman–Crippen LogP) is 0.600. The molecule has 2 amide bonds. The third-order valence-corrected chi connectivity index (χ3v) is 2.23. The van der Waals surface area contributed by atoms with Crippen LogP contribution >= 0.6 is 24.0 Å². The Hall–Kier alpha value is -1.06. The summed E-state index contributed by atoms with van der Waals surface area (Å²) in [7, 11) is 0. The van der Waals surface area contributed by atoms with Crippen molar-refractivity contribution in [1.82, 2.24) is 21.3 Å². The van der Waals surface area contributed by atoms with Crippen molar-refractivity contribution in [2.75, 3.05) is 26.2 Å². The van der Waals surface area contributed by atoms with E-state index >= 15 is 0 Å². The highest BCUT2D eigenvalue weighted by Gasteiger charge is 2.13. The molecule has 0 aromatic carbocycles. The number of hydrogen-bond acceptors (Lipinski definition) is 3. The molecule has 0 radical (unpaired) electrons. The summed E-state index contributed by atoms with van der Waals surface area (Å²) in [6.45, 7) is 11.1. The van der Waals surface area contributed by atoms with E-state index in [9.17, 15) is 9.59 Å². The Labute approximate surface area is 150 Å². The summed E-state index contributed by atoms with van der Waals surface area (Å²) in [6, 6.07) is 0. The van der Waals surface area contributed by atoms with Crippen LogP contribution in [-0.2, 0) is 9.59 Å². The van der Waals surface area contributed by atoms with Gasteiger partial charge in [0, 0.05) is 18.6 Å². The van der Waals surface area contributed by atoms with Gasteiger partial charge < -0.3 is 21.3 Å². The first-order chi connectivity index (χ1) is 9.78. The molecule has 0 bridgehead atoms. The van der Waals surface area contributed by atoms with Gasteiger partial charge in [0.05, 0.1) is 6.54 Å². The van der Waals surface area contributed by atoms with E-state index in [0.717, 1.165) is 6.42 Å². The third kappa shape index (κ3) is 13.9. The molecule has 0 unspecified atom stereocenters. The number of guanidine groups is 1. The maximum atomic E-state index is 11.7. The van der Waals surface area contributed by atoms with E-state index in [1.807, 2.05) is 34.6 Å². The van der Waals surface area contributed by atoms with Crippen LogP contribution in [0.5, 0.6) is 0 Å². The van der Waals surface area contributed by atoms with Crippen LogP contribution in [0.25, 0.3) is 0 Å². The summed E-state index contributed by atoms with van der Waals surface area (Å²) < 4.78 is 0. The van der Waals surface area contributed by atoms with Crippen molar-refractivity contribution in [3.05, 3.63) is 0 Å². The van der Waals surface area contributed by atoms with Gasteiger partial charge in [-0.05, 0) is 34.1 Å². The largest absolute Gasteiger partial charge is 0.357 e. The quantitative estimate of drug-likeness (QED) is 0.272. The highest BCUT2D eigenvalue weighted by atomic mass is 127. The summed E-state index contributed by atoms with van der Waals surface area (Å²) in [6.07, 6.45) is 0.896. The molecule has 4 N–H and O–H groups in total. The van der Waals surface area contributed by atoms with E-state index in [1.54, 1.807) is 0 Å². The molecule has 0 aliphatic rings. The van der Waals surface area contributed by atoms with Gasteiger partial charge in [-0.25, -0.2) is 4.99 Å². The number of nitrogens with zero attached hydrogens (tertiary/aromatic N) is 1. The number of halogens is 1. The van der Waals surface area contributed by atoms with Gasteiger partial charge in [0.2, 0.25) is 11.8 Å². The fourth-order valence-corrected chi connectivity index (χ4v) is 1.44. The van der Waals surface area contributed by atoms with Crippen molar-refractivity contribution in [3.63, 3.8) is 0 Å². The SMILES string of the molecule is CCCNC(=O)CNC(=NCC(=O)NC(C)(C)C)NCC.I. The topological polar surface area (TPSA) is 94.6 Å². The van der Waals surface area contributed by atoms with E-state index in [-0.39, 0.29) is 54.4 Å². The molecular formula is C14H30IN5O2. The number of carbonyl (C=O) groups excluding carboxylic acids is 2. The van der Waals surface area contributed by atoms with Gasteiger partial charge in [-0.15, -0.1) is 24.0 Å². The van der Waals surface area contributed by atoms with E-state index in [0.29, 0.717) is 19.0 Å². The lowest BCUT2D eigenvalue weighted by molar-refractivity contribution is -0.121. The lowest BCUT2D eigenvalue weighted by atomic mass is 10.1. The number of hydrogen-bond donors (Lipinski definition) is 4. The Morgan fingerprint density at radius 2 is 1.64 bits per heavy atom. The molecule has 0 fully saturated rings. The van der Waals surface area contributed by atoms with Crippen molar-refractivity contribution in [2.24, 2.45) is 4.99 Å². The van der Waals surface area contributed by atoms with Gasteiger partial charge in [0.25, 0.3) is 0 Å². The van der Waals surface area contributed by atoms with Gasteiger partial charge in [-0.1, -0.05) is 6.92 Å². The highest BCUT2D eigenvalue weighted by Crippen LogP contribution is 1.97. The molecule has 0 rings (SSSR count). The minimum Gasteiger partial charge on any atom is -0.357 e. The monoisotopic (exact) mass is 427 g/mol. The number of aliphatic imine (C=N–C) groups is 1. The van der Waals surface area contributed by atoms with Gasteiger partial charge in [-0.2, -0.15) is 0 Å². The Morgan fingerprint density at radius 3 is 2.14 bits per heavy atom. The number of amides is 2. The van der Waals surface area contributed by atoms with E-state index in [4.69, 9.17) is 0 Å². The van der Waals surface area contributed by atoms with Crippen molar-refractivity contribution in [3.8, 4) is 0 Å². The molecule has 7 nitrogen and oxygen atoms in total. The van der Waals surface area contributed by atoms with Crippen LogP contribution in [0, 0.1) is 0 Å². The zero-order valence-electron chi connectivity index (χ0n) is 14.2. The molecule has 0 atom stereocenters. The van der Waals surface area contributed by atoms with Gasteiger partial charge in [-0.3, -0.25) is 9.59 Å². The smallest absolute Gasteiger partial charge is 0.242 e. The molecule has 0 aromatic heterocycles. The summed E-state index contributed by atoms with van der Waals surface area (Å²) >= 11 is 0. The number of rotatable bonds is 7. The van der Waals surface area contributed by atoms with Crippen LogP contribution in [0.1, 0.15) is 41.0 Å². The molecule has 0 aliphatic carbocycles. The third-order valence-electron chi connectivity index (χ3n) is 2.23. The Morgan fingerprint density at radius 1 is 1.00 bits per heavy atom. The minimum atomic E-state index is -0.279. The predicted molar refractivity (Wildman–Crippen MR) is 101 cm³/mol. The molecule has 0 saturated heterocycles. The fraction of sp³-hybridized carbons (Fsp3) is 0.786. The lowest BCUT2D eigenvalue weighted by Crippen LogP contribution is -2.45. The van der Waals surface area contributed by atoms with Crippen LogP contribution in [0.15, 0.2) is 4.99 Å². The van der Waals surface area contributed by atoms with Crippen molar-refractivity contribution in [1.29, 1.82) is 0 Å².